The van der Waals surface area contributed by atoms with Crippen LogP contribution in [0.2, 0.25) is 0 Å². The van der Waals surface area contributed by atoms with Gasteiger partial charge in [-0.15, -0.1) is 0 Å². The second-order valence-electron chi connectivity index (χ2n) is 28.2. The monoisotopic (exact) mass is 1430 g/mol. The van der Waals surface area contributed by atoms with Gasteiger partial charge in [-0.3, -0.25) is 0 Å². The van der Waals surface area contributed by atoms with E-state index in [9.17, 15) is 0 Å². The van der Waals surface area contributed by atoms with E-state index in [1.807, 2.05) is 0 Å². The van der Waals surface area contributed by atoms with Gasteiger partial charge >= 0.3 is 0 Å². The molecule has 14 heteroatoms. The van der Waals surface area contributed by atoms with E-state index in [1.54, 1.807) is 71.1 Å². The molecule has 0 fully saturated rings. The molecule has 14 nitrogen and oxygen atoms in total. The molecular weight excluding hydrogens is 1280 g/mol. The normalized spacial score (nSPS) is 10.9. The number of benzene rings is 3. The first-order chi connectivity index (χ1) is 49.5. The Kier molecular flexibility index (Phi) is 57.6. The Balaban J connectivity index is 0.000000782. The van der Waals surface area contributed by atoms with Gasteiger partial charge in [0.05, 0.1) is 69.1 Å². The van der Waals surface area contributed by atoms with Gasteiger partial charge in [-0.05, 0) is 175 Å². The Morgan fingerprint density at radius 3 is 0.647 bits per heavy atom. The third-order valence-corrected chi connectivity index (χ3v) is 19.1. The first-order valence-electron chi connectivity index (χ1n) is 39.6. The Hall–Kier alpha value is -5.28. The van der Waals surface area contributed by atoms with Gasteiger partial charge in [-0.1, -0.05) is 189 Å². The summed E-state index contributed by atoms with van der Waals surface area (Å²) in [5, 5.41) is 0. The highest BCUT2D eigenvalue weighted by Gasteiger charge is 2.27. The van der Waals surface area contributed by atoms with Gasteiger partial charge in [0.25, 0.3) is 0 Å². The summed E-state index contributed by atoms with van der Waals surface area (Å²) >= 11 is 0. The van der Waals surface area contributed by atoms with Crippen molar-refractivity contribution >= 4 is 0 Å². The van der Waals surface area contributed by atoms with Gasteiger partial charge in [0.2, 0.25) is 23.0 Å². The summed E-state index contributed by atoms with van der Waals surface area (Å²) < 4.78 is 80.3. The zero-order valence-electron chi connectivity index (χ0n) is 69.4. The minimum absolute atomic E-state index is 0.635. The molecule has 0 heterocycles. The van der Waals surface area contributed by atoms with E-state index in [0.717, 1.165) is 134 Å². The van der Waals surface area contributed by atoms with E-state index in [-0.39, 0.29) is 0 Å². The molecule has 0 radical (unpaired) electrons. The topological polar surface area (TPSA) is 129 Å². The zero-order valence-corrected chi connectivity index (χ0v) is 69.4. The number of ether oxygens (including phenoxy) is 14. The molecule has 102 heavy (non-hydrogen) atoms. The van der Waals surface area contributed by atoms with E-state index < -0.39 is 0 Å². The molecule has 0 amide bonds. The number of unbranched alkanes of at least 4 members (excludes halogenated alkanes) is 28. The maximum Gasteiger partial charge on any atom is 0.207 e. The van der Waals surface area contributed by atoms with Crippen molar-refractivity contribution in [3.05, 3.63) is 79.5 Å². The highest BCUT2D eigenvalue weighted by atomic mass is 16.6. The molecule has 0 saturated carbocycles. The fourth-order valence-corrected chi connectivity index (χ4v) is 12.7. The lowest BCUT2D eigenvalue weighted by molar-refractivity contribution is 0.192. The van der Waals surface area contributed by atoms with Crippen LogP contribution in [0.1, 0.15) is 292 Å². The summed E-state index contributed by atoms with van der Waals surface area (Å²) in [6, 6.07) is 0. The third-order valence-electron chi connectivity index (χ3n) is 19.1. The number of rotatable bonds is 60. The van der Waals surface area contributed by atoms with E-state index in [4.69, 9.17) is 66.3 Å². The summed E-state index contributed by atoms with van der Waals surface area (Å²) in [7, 11) is 17.2. The molecule has 0 bridgehead atoms. The van der Waals surface area contributed by atoms with Crippen LogP contribution in [-0.4, -0.2) is 124 Å². The lowest BCUT2D eigenvalue weighted by Crippen LogP contribution is -2.09. The van der Waals surface area contributed by atoms with Gasteiger partial charge in [0.1, 0.15) is 0 Å². The predicted octanol–water partition coefficient (Wildman–Crippen LogP) is 23.8. The van der Waals surface area contributed by atoms with Crippen LogP contribution in [0.15, 0.2) is 34.9 Å². The summed E-state index contributed by atoms with van der Waals surface area (Å²) in [6.07, 6.45) is 48.7. The van der Waals surface area contributed by atoms with E-state index in [2.05, 4.69) is 94.4 Å². The molecule has 3 aromatic rings. The second kappa shape index (κ2) is 62.0. The highest BCUT2D eigenvalue weighted by molar-refractivity contribution is 5.68. The summed E-state index contributed by atoms with van der Waals surface area (Å²) in [5.41, 5.74) is 13.1. The molecule has 0 saturated heterocycles. The second-order valence-corrected chi connectivity index (χ2v) is 28.2. The van der Waals surface area contributed by atoms with Crippen molar-refractivity contribution in [2.24, 2.45) is 0 Å². The van der Waals surface area contributed by atoms with Crippen molar-refractivity contribution in [1.29, 1.82) is 0 Å². The minimum Gasteiger partial charge on any atom is -0.492 e. The van der Waals surface area contributed by atoms with Crippen molar-refractivity contribution in [3.63, 3.8) is 0 Å². The van der Waals surface area contributed by atoms with Crippen molar-refractivity contribution in [3.8, 4) is 57.5 Å². The number of allylic oxidation sites excluding steroid dienone is 6. The van der Waals surface area contributed by atoms with Crippen LogP contribution in [0.25, 0.3) is 0 Å². The van der Waals surface area contributed by atoms with Crippen LogP contribution < -0.4 is 47.4 Å². The molecule has 0 atom stereocenters. The van der Waals surface area contributed by atoms with Crippen molar-refractivity contribution in [2.75, 3.05) is 124 Å². The molecule has 588 valence electrons. The standard InChI is InChI=1S/C36H64O6.2C26H44O4/c1-30(2)24-25-32-31(3)33(41-28-22-18-14-10-8-12-16-20-26-37-4)35(39-6)36(40-7)34(32)42-29-23-19-15-11-9-13-17-21-27-38-5;1-20(2)16-17-23-21(3)24(28-6)26(29-7)25(22(23)4)30-19-15-13-11-9-8-10-12-14-18-27-5;1-20(2)16-17-23-21(3)22(4)24(28-6)26(29-7)25(23)30-19-15-13-11-9-8-10-12-14-18-27-5/h24H,8-23,25-29H2,1-7H3;2*16H,8-15,17-19H2,1-7H3. The fourth-order valence-electron chi connectivity index (χ4n) is 12.7. The average Bonchev–Trinajstić information content (AvgIpc) is 0.798. The van der Waals surface area contributed by atoms with E-state index >= 15 is 0 Å². The largest absolute Gasteiger partial charge is 0.492 e. The zero-order chi connectivity index (χ0) is 75.6. The molecule has 0 N–H and O–H groups in total. The SMILES string of the molecule is COCCCCCCCCCCOc1c(C)c(CC=C(C)C)c(C)c(OC)c1OC.COCCCCCCCCCCOc1c(C)c(CC=C(C)C)c(OCCCCCCCCCCOC)c(OC)c1OC.COCCCCCCCCCCOc1c(CC=C(C)C)c(C)c(C)c(OC)c1OC. The van der Waals surface area contributed by atoms with Gasteiger partial charge in [-0.25, -0.2) is 0 Å². The molecule has 0 aliphatic heterocycles. The quantitative estimate of drug-likeness (QED) is 0.0393. The first kappa shape index (κ1) is 94.7. The molecule has 0 unspecified atom stereocenters. The summed E-state index contributed by atoms with van der Waals surface area (Å²) in [5.74, 6) is 7.50. The number of methoxy groups -OCH3 is 10. The van der Waals surface area contributed by atoms with Crippen LogP contribution in [0, 0.1) is 34.6 Å². The van der Waals surface area contributed by atoms with Gasteiger partial charge in [-0.2, -0.15) is 0 Å². The van der Waals surface area contributed by atoms with Crippen molar-refractivity contribution in [1.82, 2.24) is 0 Å². The van der Waals surface area contributed by atoms with Crippen molar-refractivity contribution < 1.29 is 66.3 Å². The Morgan fingerprint density at radius 1 is 0.196 bits per heavy atom. The third kappa shape index (κ3) is 39.2. The van der Waals surface area contributed by atoms with Crippen LogP contribution in [0.3, 0.4) is 0 Å². The van der Waals surface area contributed by atoms with Gasteiger partial charge < -0.3 is 66.3 Å². The van der Waals surface area contributed by atoms with Crippen LogP contribution >= 0.6 is 0 Å². The molecule has 3 aromatic carbocycles. The molecule has 0 spiro atoms. The molecule has 0 aromatic heterocycles. The average molecular weight is 1430 g/mol. The van der Waals surface area contributed by atoms with Gasteiger partial charge in [0.15, 0.2) is 34.5 Å². The molecule has 0 aliphatic carbocycles. The molecule has 3 rings (SSSR count). The predicted molar refractivity (Wildman–Crippen MR) is 429 cm³/mol. The molecular formula is C88H152O14. The number of hydrogen-bond donors (Lipinski definition) is 0. The lowest BCUT2D eigenvalue weighted by Gasteiger charge is -2.23. The minimum atomic E-state index is 0.635. The highest BCUT2D eigenvalue weighted by Crippen LogP contribution is 2.51. The maximum absolute atomic E-state index is 6.44. The molecule has 0 aliphatic rings. The first-order valence-corrected chi connectivity index (χ1v) is 39.6. The van der Waals surface area contributed by atoms with Gasteiger partial charge in [0, 0.05) is 71.6 Å². The lowest BCUT2D eigenvalue weighted by atomic mass is 9.96. The Labute approximate surface area is 625 Å². The van der Waals surface area contributed by atoms with E-state index in [1.165, 1.54) is 213 Å². The van der Waals surface area contributed by atoms with Crippen LogP contribution in [-0.2, 0) is 38.2 Å². The van der Waals surface area contributed by atoms with Crippen LogP contribution in [0.5, 0.6) is 57.5 Å². The maximum atomic E-state index is 6.44. The summed E-state index contributed by atoms with van der Waals surface area (Å²) in [6.45, 7) is 29.6. The Bertz CT molecular complexity index is 2700. The summed E-state index contributed by atoms with van der Waals surface area (Å²) in [4.78, 5) is 0. The number of hydrogen-bond acceptors (Lipinski definition) is 14. The van der Waals surface area contributed by atoms with Crippen LogP contribution in [0.4, 0.5) is 0 Å². The Morgan fingerprint density at radius 2 is 0.382 bits per heavy atom. The van der Waals surface area contributed by atoms with E-state index in [0.29, 0.717) is 49.4 Å². The smallest absolute Gasteiger partial charge is 0.207 e. The van der Waals surface area contributed by atoms with Crippen molar-refractivity contribution in [2.45, 2.75) is 301 Å². The fraction of sp³-hybridized carbons (Fsp3) is 0.727.